The minimum Gasteiger partial charge on any atom is -0.370 e. The second-order valence-electron chi connectivity index (χ2n) is 7.65. The number of sulfonamides is 1. The van der Waals surface area contributed by atoms with Gasteiger partial charge in [0.25, 0.3) is 5.91 Å². The molecular weight excluding hydrogens is 446 g/mol. The quantitative estimate of drug-likeness (QED) is 0.527. The van der Waals surface area contributed by atoms with Crippen LogP contribution in [-0.2, 0) is 16.6 Å². The molecule has 4 rings (SSSR count). The molecule has 0 spiro atoms. The Bertz CT molecular complexity index is 1210. The minimum atomic E-state index is -3.77. The molecule has 1 fully saturated rings. The normalized spacial score (nSPS) is 13.8. The number of hydrogen-bond donors (Lipinski definition) is 2. The van der Waals surface area contributed by atoms with Crippen molar-refractivity contribution in [3.8, 4) is 0 Å². The number of nitrogens with one attached hydrogen (secondary N) is 2. The Kier molecular flexibility index (Phi) is 6.79. The van der Waals surface area contributed by atoms with E-state index in [0.29, 0.717) is 10.7 Å². The zero-order valence-corrected chi connectivity index (χ0v) is 19.0. The summed E-state index contributed by atoms with van der Waals surface area (Å²) in [5.41, 5.74) is 2.62. The Morgan fingerprint density at radius 2 is 1.69 bits per heavy atom. The standard InChI is InChI=1S/C24H24ClN3O3S/c25-20-11-12-23(28-13-4-5-14-28)22(16-20)27-24(29)19-9-6-10-21(15-19)32(30,31)26-17-18-7-2-1-3-8-18/h1-3,6-12,15-16,26H,4-5,13-14,17H2,(H,27,29). The molecule has 0 aliphatic carbocycles. The van der Waals surface area contributed by atoms with Crippen LogP contribution in [0.1, 0.15) is 28.8 Å². The first-order chi connectivity index (χ1) is 15.4. The van der Waals surface area contributed by atoms with Gasteiger partial charge in [0.1, 0.15) is 0 Å². The van der Waals surface area contributed by atoms with Crippen LogP contribution in [0.3, 0.4) is 0 Å². The predicted octanol–water partition coefficient (Wildman–Crippen LogP) is 4.67. The van der Waals surface area contributed by atoms with E-state index in [9.17, 15) is 13.2 Å². The molecule has 8 heteroatoms. The molecule has 1 heterocycles. The number of nitrogens with zero attached hydrogens (tertiary/aromatic N) is 1. The third-order valence-electron chi connectivity index (χ3n) is 5.37. The molecule has 0 saturated carbocycles. The lowest BCUT2D eigenvalue weighted by molar-refractivity contribution is 0.102. The number of hydrogen-bond acceptors (Lipinski definition) is 4. The Morgan fingerprint density at radius 1 is 0.938 bits per heavy atom. The molecule has 1 saturated heterocycles. The average Bonchev–Trinajstić information content (AvgIpc) is 3.33. The van der Waals surface area contributed by atoms with Gasteiger partial charge in [-0.3, -0.25) is 4.79 Å². The number of amides is 1. The molecule has 3 aromatic carbocycles. The summed E-state index contributed by atoms with van der Waals surface area (Å²) < 4.78 is 28.1. The molecule has 1 aliphatic rings. The van der Waals surface area contributed by atoms with Gasteiger partial charge in [-0.1, -0.05) is 48.0 Å². The summed E-state index contributed by atoms with van der Waals surface area (Å²) in [6.07, 6.45) is 2.21. The Hall–Kier alpha value is -2.87. The van der Waals surface area contributed by atoms with Crippen molar-refractivity contribution in [2.24, 2.45) is 0 Å². The Balaban J connectivity index is 1.52. The van der Waals surface area contributed by atoms with E-state index in [1.807, 2.05) is 36.4 Å². The second kappa shape index (κ2) is 9.73. The van der Waals surface area contributed by atoms with Crippen molar-refractivity contribution in [3.05, 3.63) is 88.9 Å². The van der Waals surface area contributed by atoms with E-state index in [1.165, 1.54) is 12.1 Å². The predicted molar refractivity (Wildman–Crippen MR) is 128 cm³/mol. The third kappa shape index (κ3) is 5.30. The monoisotopic (exact) mass is 469 g/mol. The Labute approximate surface area is 193 Å². The number of rotatable bonds is 7. The average molecular weight is 470 g/mol. The summed E-state index contributed by atoms with van der Waals surface area (Å²) in [5.74, 6) is -0.396. The van der Waals surface area contributed by atoms with Gasteiger partial charge in [0.2, 0.25) is 10.0 Å². The zero-order chi connectivity index (χ0) is 22.6. The van der Waals surface area contributed by atoms with Gasteiger partial charge in [-0.2, -0.15) is 0 Å². The fourth-order valence-electron chi connectivity index (χ4n) is 3.70. The highest BCUT2D eigenvalue weighted by molar-refractivity contribution is 7.89. The van der Waals surface area contributed by atoms with Crippen molar-refractivity contribution in [2.45, 2.75) is 24.3 Å². The first kappa shape index (κ1) is 22.3. The molecule has 0 unspecified atom stereocenters. The van der Waals surface area contributed by atoms with Crippen LogP contribution < -0.4 is 14.9 Å². The summed E-state index contributed by atoms with van der Waals surface area (Å²) in [7, 11) is -3.77. The lowest BCUT2D eigenvalue weighted by Gasteiger charge is -2.22. The molecule has 6 nitrogen and oxygen atoms in total. The molecule has 32 heavy (non-hydrogen) atoms. The highest BCUT2D eigenvalue weighted by atomic mass is 35.5. The topological polar surface area (TPSA) is 78.5 Å². The largest absolute Gasteiger partial charge is 0.370 e. The fourth-order valence-corrected chi connectivity index (χ4v) is 4.93. The van der Waals surface area contributed by atoms with Gasteiger partial charge in [0.15, 0.2) is 0 Å². The van der Waals surface area contributed by atoms with Crippen LogP contribution in [0.25, 0.3) is 0 Å². The molecular formula is C24H24ClN3O3S. The molecule has 3 aromatic rings. The Morgan fingerprint density at radius 3 is 2.44 bits per heavy atom. The maximum Gasteiger partial charge on any atom is 0.255 e. The van der Waals surface area contributed by atoms with Crippen LogP contribution in [0, 0.1) is 0 Å². The van der Waals surface area contributed by atoms with Gasteiger partial charge < -0.3 is 10.2 Å². The first-order valence-electron chi connectivity index (χ1n) is 10.4. The lowest BCUT2D eigenvalue weighted by atomic mass is 10.2. The van der Waals surface area contributed by atoms with E-state index in [4.69, 9.17) is 11.6 Å². The molecule has 0 bridgehead atoms. The lowest BCUT2D eigenvalue weighted by Crippen LogP contribution is -2.24. The minimum absolute atomic E-state index is 0.0342. The number of carbonyl (C=O) groups excluding carboxylic acids is 1. The molecule has 0 aromatic heterocycles. The van der Waals surface area contributed by atoms with Crippen LogP contribution in [0.4, 0.5) is 11.4 Å². The smallest absolute Gasteiger partial charge is 0.255 e. The maximum atomic E-state index is 13.0. The van der Waals surface area contributed by atoms with E-state index in [-0.39, 0.29) is 17.0 Å². The van der Waals surface area contributed by atoms with Crippen LogP contribution in [0.2, 0.25) is 5.02 Å². The summed E-state index contributed by atoms with van der Waals surface area (Å²) >= 11 is 6.17. The molecule has 0 atom stereocenters. The van der Waals surface area contributed by atoms with Gasteiger partial charge in [-0.15, -0.1) is 0 Å². The van der Waals surface area contributed by atoms with E-state index in [0.717, 1.165) is 37.2 Å². The highest BCUT2D eigenvalue weighted by Crippen LogP contribution is 2.32. The van der Waals surface area contributed by atoms with E-state index in [1.54, 1.807) is 24.3 Å². The number of benzene rings is 3. The van der Waals surface area contributed by atoms with Crippen LogP contribution >= 0.6 is 11.6 Å². The molecule has 1 amide bonds. The van der Waals surface area contributed by atoms with Gasteiger partial charge in [0, 0.05) is 30.2 Å². The van der Waals surface area contributed by atoms with Crippen LogP contribution in [0.15, 0.2) is 77.7 Å². The molecule has 166 valence electrons. The van der Waals surface area contributed by atoms with E-state index in [2.05, 4.69) is 14.9 Å². The number of carbonyl (C=O) groups is 1. The summed E-state index contributed by atoms with van der Waals surface area (Å²) in [4.78, 5) is 15.2. The van der Waals surface area contributed by atoms with Crippen molar-refractivity contribution in [3.63, 3.8) is 0 Å². The molecule has 2 N–H and O–H groups in total. The van der Waals surface area contributed by atoms with Gasteiger partial charge in [0.05, 0.1) is 16.3 Å². The SMILES string of the molecule is O=C(Nc1cc(Cl)ccc1N1CCCC1)c1cccc(S(=O)(=O)NCc2ccccc2)c1. The molecule has 0 radical (unpaired) electrons. The van der Waals surface area contributed by atoms with E-state index < -0.39 is 15.9 Å². The highest BCUT2D eigenvalue weighted by Gasteiger charge is 2.20. The second-order valence-corrected chi connectivity index (χ2v) is 9.85. The van der Waals surface area contributed by atoms with Crippen molar-refractivity contribution in [1.82, 2.24) is 4.72 Å². The van der Waals surface area contributed by atoms with E-state index >= 15 is 0 Å². The van der Waals surface area contributed by atoms with Crippen molar-refractivity contribution in [2.75, 3.05) is 23.3 Å². The fraction of sp³-hybridized carbons (Fsp3) is 0.208. The summed E-state index contributed by atoms with van der Waals surface area (Å²) in [5, 5.41) is 3.42. The zero-order valence-electron chi connectivity index (χ0n) is 17.4. The van der Waals surface area contributed by atoms with Crippen molar-refractivity contribution < 1.29 is 13.2 Å². The summed E-state index contributed by atoms with van der Waals surface area (Å²) in [6, 6.07) is 20.7. The third-order valence-corrected chi connectivity index (χ3v) is 7.00. The first-order valence-corrected chi connectivity index (χ1v) is 12.3. The van der Waals surface area contributed by atoms with Crippen molar-refractivity contribution >= 4 is 38.9 Å². The van der Waals surface area contributed by atoms with Crippen LogP contribution in [-0.4, -0.2) is 27.4 Å². The number of anilines is 2. The molecule has 1 aliphatic heterocycles. The van der Waals surface area contributed by atoms with Gasteiger partial charge >= 0.3 is 0 Å². The van der Waals surface area contributed by atoms with Gasteiger partial charge in [-0.05, 0) is 54.8 Å². The van der Waals surface area contributed by atoms with Gasteiger partial charge in [-0.25, -0.2) is 13.1 Å². The summed E-state index contributed by atoms with van der Waals surface area (Å²) in [6.45, 7) is 2.01. The van der Waals surface area contributed by atoms with Crippen LogP contribution in [0.5, 0.6) is 0 Å². The maximum absolute atomic E-state index is 13.0. The number of halogens is 1. The van der Waals surface area contributed by atoms with Crippen molar-refractivity contribution in [1.29, 1.82) is 0 Å².